The lowest BCUT2D eigenvalue weighted by molar-refractivity contribution is -0.138. The van der Waals surface area contributed by atoms with E-state index in [0.717, 1.165) is 12.3 Å². The van der Waals surface area contributed by atoms with Gasteiger partial charge in [-0.15, -0.1) is 0 Å². The molecule has 0 bridgehead atoms. The number of carbonyl (C=O) groups excluding carboxylic acids is 1. The van der Waals surface area contributed by atoms with Crippen LogP contribution in [0, 0.1) is 17.8 Å². The van der Waals surface area contributed by atoms with Gasteiger partial charge in [-0.1, -0.05) is 20.8 Å². The lowest BCUT2D eigenvalue weighted by atomic mass is 9.76. The molecule has 0 radical (unpaired) electrons. The van der Waals surface area contributed by atoms with E-state index in [1.807, 2.05) is 0 Å². The third kappa shape index (κ3) is 2.71. The number of ether oxygens (including phenoxy) is 1. The number of hydrogen-bond donors (Lipinski definition) is 0. The van der Waals surface area contributed by atoms with Crippen LogP contribution in [0.4, 0.5) is 0 Å². The van der Waals surface area contributed by atoms with Crippen molar-refractivity contribution in [3.8, 4) is 0 Å². The molecule has 2 heteroatoms. The molecule has 0 aromatic heterocycles. The second-order valence-corrected chi connectivity index (χ2v) is 4.57. The van der Waals surface area contributed by atoms with E-state index in [1.54, 1.807) is 0 Å². The van der Waals surface area contributed by atoms with Gasteiger partial charge >= 0.3 is 0 Å². The van der Waals surface area contributed by atoms with Crippen molar-refractivity contribution in [2.45, 2.75) is 46.1 Å². The molecule has 0 saturated heterocycles. The lowest BCUT2D eigenvalue weighted by Gasteiger charge is -2.34. The lowest BCUT2D eigenvalue weighted by Crippen LogP contribution is -2.31. The van der Waals surface area contributed by atoms with Crippen LogP contribution in [0.25, 0.3) is 0 Å². The summed E-state index contributed by atoms with van der Waals surface area (Å²) in [6, 6.07) is 0. The van der Waals surface area contributed by atoms with Gasteiger partial charge in [-0.2, -0.15) is 0 Å². The van der Waals surface area contributed by atoms with Crippen molar-refractivity contribution < 1.29 is 9.53 Å². The summed E-state index contributed by atoms with van der Waals surface area (Å²) in [6.07, 6.45) is 3.70. The van der Waals surface area contributed by atoms with Crippen LogP contribution in [0.2, 0.25) is 0 Å². The van der Waals surface area contributed by atoms with Crippen LogP contribution in [0.5, 0.6) is 0 Å². The van der Waals surface area contributed by atoms with E-state index in [0.29, 0.717) is 18.3 Å². The second-order valence-electron chi connectivity index (χ2n) is 4.57. The number of rotatable bonds is 3. The molecular formula is C11H20O2. The predicted octanol–water partition coefficient (Wildman–Crippen LogP) is 2.62. The first kappa shape index (κ1) is 10.6. The fourth-order valence-electron chi connectivity index (χ4n) is 2.18. The van der Waals surface area contributed by atoms with E-state index in [4.69, 9.17) is 4.74 Å². The molecule has 0 amide bonds. The molecule has 0 aromatic rings. The topological polar surface area (TPSA) is 26.3 Å². The molecule has 0 spiro atoms. The Labute approximate surface area is 80.7 Å². The maximum atomic E-state index is 10.3. The molecule has 0 heterocycles. The van der Waals surface area contributed by atoms with Crippen LogP contribution in [0.3, 0.4) is 0 Å². The van der Waals surface area contributed by atoms with Gasteiger partial charge in [0.25, 0.3) is 6.47 Å². The highest BCUT2D eigenvalue weighted by Gasteiger charge is 2.30. The Bertz CT molecular complexity index is 165. The van der Waals surface area contributed by atoms with Gasteiger partial charge in [-0.25, -0.2) is 0 Å². The first-order valence-corrected chi connectivity index (χ1v) is 5.24. The van der Waals surface area contributed by atoms with Gasteiger partial charge in [0.15, 0.2) is 0 Å². The second kappa shape index (κ2) is 4.64. The van der Waals surface area contributed by atoms with Gasteiger partial charge in [-0.05, 0) is 37.0 Å². The van der Waals surface area contributed by atoms with E-state index in [1.165, 1.54) is 12.8 Å². The summed E-state index contributed by atoms with van der Waals surface area (Å²) in [5.41, 5.74) is 0. The van der Waals surface area contributed by atoms with Crippen LogP contribution >= 0.6 is 0 Å². The maximum absolute atomic E-state index is 10.3. The largest absolute Gasteiger partial charge is 0.464 e. The van der Waals surface area contributed by atoms with Crippen LogP contribution < -0.4 is 0 Å². The predicted molar refractivity (Wildman–Crippen MR) is 52.3 cm³/mol. The Morgan fingerprint density at radius 3 is 2.62 bits per heavy atom. The Morgan fingerprint density at radius 2 is 2.08 bits per heavy atom. The van der Waals surface area contributed by atoms with Gasteiger partial charge in [0.1, 0.15) is 6.10 Å². The Kier molecular flexibility index (Phi) is 3.76. The highest BCUT2D eigenvalue weighted by molar-refractivity contribution is 5.37. The van der Waals surface area contributed by atoms with Crippen molar-refractivity contribution >= 4 is 6.47 Å². The molecule has 1 unspecified atom stereocenters. The summed E-state index contributed by atoms with van der Waals surface area (Å²) < 4.78 is 5.09. The average molecular weight is 184 g/mol. The SMILES string of the molecule is CC(C)C1CC[C@H](C)[C@H](OC=O)C1. The van der Waals surface area contributed by atoms with Gasteiger partial charge in [-0.3, -0.25) is 4.79 Å². The van der Waals surface area contributed by atoms with Crippen molar-refractivity contribution in [2.75, 3.05) is 0 Å². The third-order valence-corrected chi connectivity index (χ3v) is 3.34. The van der Waals surface area contributed by atoms with Gasteiger partial charge in [0, 0.05) is 0 Å². The zero-order valence-electron chi connectivity index (χ0n) is 8.82. The Hall–Kier alpha value is -0.530. The van der Waals surface area contributed by atoms with E-state index in [-0.39, 0.29) is 6.10 Å². The molecule has 13 heavy (non-hydrogen) atoms. The minimum atomic E-state index is 0.165. The summed E-state index contributed by atoms with van der Waals surface area (Å²) in [6.45, 7) is 7.27. The molecule has 3 atom stereocenters. The smallest absolute Gasteiger partial charge is 0.293 e. The molecule has 1 aliphatic carbocycles. The van der Waals surface area contributed by atoms with Gasteiger partial charge in [0.2, 0.25) is 0 Å². The van der Waals surface area contributed by atoms with Crippen LogP contribution in [0.1, 0.15) is 40.0 Å². The van der Waals surface area contributed by atoms with Gasteiger partial charge < -0.3 is 4.74 Å². The quantitative estimate of drug-likeness (QED) is 0.630. The average Bonchev–Trinajstić information content (AvgIpc) is 2.08. The molecule has 1 fully saturated rings. The highest BCUT2D eigenvalue weighted by Crippen LogP contribution is 2.34. The minimum absolute atomic E-state index is 0.165. The molecule has 76 valence electrons. The van der Waals surface area contributed by atoms with E-state index in [2.05, 4.69) is 20.8 Å². The third-order valence-electron chi connectivity index (χ3n) is 3.34. The van der Waals surface area contributed by atoms with Crippen molar-refractivity contribution in [2.24, 2.45) is 17.8 Å². The van der Waals surface area contributed by atoms with Crippen molar-refractivity contribution in [1.29, 1.82) is 0 Å². The summed E-state index contributed by atoms with van der Waals surface area (Å²) in [7, 11) is 0. The molecule has 0 N–H and O–H groups in total. The Balaban J connectivity index is 2.47. The number of hydrogen-bond acceptors (Lipinski definition) is 2. The fraction of sp³-hybridized carbons (Fsp3) is 0.909. The Morgan fingerprint density at radius 1 is 1.38 bits per heavy atom. The summed E-state index contributed by atoms with van der Waals surface area (Å²) in [4.78, 5) is 10.3. The molecule has 1 rings (SSSR count). The normalized spacial score (nSPS) is 34.6. The number of carbonyl (C=O) groups is 1. The van der Waals surface area contributed by atoms with Crippen molar-refractivity contribution in [3.05, 3.63) is 0 Å². The molecule has 2 nitrogen and oxygen atoms in total. The molecule has 1 aliphatic rings. The zero-order valence-corrected chi connectivity index (χ0v) is 8.82. The van der Waals surface area contributed by atoms with Crippen LogP contribution in [0.15, 0.2) is 0 Å². The van der Waals surface area contributed by atoms with E-state index >= 15 is 0 Å². The fourth-order valence-corrected chi connectivity index (χ4v) is 2.18. The van der Waals surface area contributed by atoms with Crippen LogP contribution in [-0.2, 0) is 9.53 Å². The molecule has 1 saturated carbocycles. The highest BCUT2D eigenvalue weighted by atomic mass is 16.5. The van der Waals surface area contributed by atoms with Gasteiger partial charge in [0.05, 0.1) is 0 Å². The van der Waals surface area contributed by atoms with Crippen molar-refractivity contribution in [1.82, 2.24) is 0 Å². The van der Waals surface area contributed by atoms with Crippen LogP contribution in [-0.4, -0.2) is 12.6 Å². The molecular weight excluding hydrogens is 164 g/mol. The molecule has 0 aliphatic heterocycles. The molecule has 0 aromatic carbocycles. The summed E-state index contributed by atoms with van der Waals surface area (Å²) in [5, 5.41) is 0. The first-order valence-electron chi connectivity index (χ1n) is 5.24. The zero-order chi connectivity index (χ0) is 9.84. The first-order chi connectivity index (χ1) is 6.15. The standard InChI is InChI=1S/C11H20O2/c1-8(2)10-5-4-9(3)11(6-10)13-7-12/h7-11H,4-6H2,1-3H3/t9-,10?,11+/m0/s1. The van der Waals surface area contributed by atoms with E-state index < -0.39 is 0 Å². The summed E-state index contributed by atoms with van der Waals surface area (Å²) in [5.74, 6) is 1.99. The minimum Gasteiger partial charge on any atom is -0.464 e. The monoisotopic (exact) mass is 184 g/mol. The van der Waals surface area contributed by atoms with E-state index in [9.17, 15) is 4.79 Å². The maximum Gasteiger partial charge on any atom is 0.293 e. The summed E-state index contributed by atoms with van der Waals surface area (Å²) >= 11 is 0. The van der Waals surface area contributed by atoms with Crippen molar-refractivity contribution in [3.63, 3.8) is 0 Å².